The SMILES string of the molecule is O=C(Cc1ccn2ncnc2c1)Cn1nc(N2CCC3(CCC3)C2)ccc1=O. The van der Waals surface area contributed by atoms with Gasteiger partial charge in [-0.15, -0.1) is 0 Å². The van der Waals surface area contributed by atoms with E-state index in [0.717, 1.165) is 24.5 Å². The smallest absolute Gasteiger partial charge is 0.267 e. The van der Waals surface area contributed by atoms with Crippen molar-refractivity contribution in [2.45, 2.75) is 38.6 Å². The number of fused-ring (bicyclic) bond motifs is 1. The average molecular weight is 378 g/mol. The summed E-state index contributed by atoms with van der Waals surface area (Å²) >= 11 is 0. The molecule has 0 radical (unpaired) electrons. The van der Waals surface area contributed by atoms with Gasteiger partial charge in [-0.25, -0.2) is 14.2 Å². The van der Waals surface area contributed by atoms with Gasteiger partial charge >= 0.3 is 0 Å². The molecule has 2 fully saturated rings. The van der Waals surface area contributed by atoms with Gasteiger partial charge in [0.2, 0.25) is 0 Å². The summed E-state index contributed by atoms with van der Waals surface area (Å²) in [7, 11) is 0. The van der Waals surface area contributed by atoms with E-state index in [1.54, 1.807) is 16.8 Å². The third-order valence-corrected chi connectivity index (χ3v) is 6.10. The van der Waals surface area contributed by atoms with E-state index in [4.69, 9.17) is 0 Å². The number of anilines is 1. The third kappa shape index (κ3) is 3.08. The Balaban J connectivity index is 1.30. The van der Waals surface area contributed by atoms with Crippen molar-refractivity contribution in [3.63, 3.8) is 0 Å². The quantitative estimate of drug-likeness (QED) is 0.669. The summed E-state index contributed by atoms with van der Waals surface area (Å²) in [5.74, 6) is 0.730. The molecule has 1 aliphatic heterocycles. The fraction of sp³-hybridized carbons (Fsp3) is 0.450. The van der Waals surface area contributed by atoms with Crippen molar-refractivity contribution in [3.8, 4) is 0 Å². The highest BCUT2D eigenvalue weighted by atomic mass is 16.1. The van der Waals surface area contributed by atoms with E-state index in [1.165, 1.54) is 42.8 Å². The summed E-state index contributed by atoms with van der Waals surface area (Å²) in [6, 6.07) is 6.97. The lowest BCUT2D eigenvalue weighted by molar-refractivity contribution is -0.119. The number of carbonyl (C=O) groups excluding carboxylic acids is 1. The predicted octanol–water partition coefficient (Wildman–Crippen LogP) is 1.48. The van der Waals surface area contributed by atoms with Gasteiger partial charge < -0.3 is 4.90 Å². The molecule has 1 saturated heterocycles. The zero-order valence-corrected chi connectivity index (χ0v) is 15.6. The number of hydrogen-bond acceptors (Lipinski definition) is 6. The summed E-state index contributed by atoms with van der Waals surface area (Å²) in [5, 5.41) is 8.53. The lowest BCUT2D eigenvalue weighted by Crippen LogP contribution is -2.34. The molecule has 1 aliphatic carbocycles. The van der Waals surface area contributed by atoms with Crippen LogP contribution in [0.1, 0.15) is 31.2 Å². The molecular formula is C20H22N6O2. The largest absolute Gasteiger partial charge is 0.355 e. The molecule has 0 bridgehead atoms. The van der Waals surface area contributed by atoms with Crippen LogP contribution in [0.15, 0.2) is 41.6 Å². The van der Waals surface area contributed by atoms with Gasteiger partial charge in [-0.1, -0.05) is 6.42 Å². The van der Waals surface area contributed by atoms with Crippen LogP contribution in [-0.2, 0) is 17.8 Å². The Bertz CT molecular complexity index is 1100. The minimum absolute atomic E-state index is 0.0243. The van der Waals surface area contributed by atoms with E-state index in [-0.39, 0.29) is 24.3 Å². The van der Waals surface area contributed by atoms with Gasteiger partial charge in [0.25, 0.3) is 5.56 Å². The lowest BCUT2D eigenvalue weighted by atomic mass is 9.68. The molecule has 144 valence electrons. The van der Waals surface area contributed by atoms with Crippen LogP contribution in [-0.4, -0.2) is 43.3 Å². The Kier molecular flexibility index (Phi) is 3.99. The van der Waals surface area contributed by atoms with Crippen molar-refractivity contribution in [2.75, 3.05) is 18.0 Å². The predicted molar refractivity (Wildman–Crippen MR) is 103 cm³/mol. The first-order valence-corrected chi connectivity index (χ1v) is 9.73. The molecule has 4 heterocycles. The van der Waals surface area contributed by atoms with E-state index >= 15 is 0 Å². The fourth-order valence-electron chi connectivity index (χ4n) is 4.35. The van der Waals surface area contributed by atoms with Gasteiger partial charge in [0.05, 0.1) is 0 Å². The zero-order valence-electron chi connectivity index (χ0n) is 15.6. The molecular weight excluding hydrogens is 356 g/mol. The molecule has 28 heavy (non-hydrogen) atoms. The molecule has 0 N–H and O–H groups in total. The second kappa shape index (κ2) is 6.54. The van der Waals surface area contributed by atoms with Crippen molar-refractivity contribution >= 4 is 17.2 Å². The number of aromatic nitrogens is 5. The number of carbonyl (C=O) groups is 1. The minimum atomic E-state index is -0.248. The molecule has 8 heteroatoms. The highest BCUT2D eigenvalue weighted by Crippen LogP contribution is 2.48. The second-order valence-electron chi connectivity index (χ2n) is 8.03. The van der Waals surface area contributed by atoms with Gasteiger partial charge in [0.1, 0.15) is 18.7 Å². The van der Waals surface area contributed by atoms with Gasteiger partial charge in [-0.05, 0) is 48.4 Å². The van der Waals surface area contributed by atoms with Gasteiger partial charge in [-0.3, -0.25) is 9.59 Å². The first-order valence-electron chi connectivity index (χ1n) is 9.73. The molecule has 3 aromatic heterocycles. The third-order valence-electron chi connectivity index (χ3n) is 6.10. The van der Waals surface area contributed by atoms with Crippen LogP contribution >= 0.6 is 0 Å². The first kappa shape index (κ1) is 17.1. The number of Topliss-reactive ketones (excluding diaryl/α,β-unsaturated/α-hetero) is 1. The van der Waals surface area contributed by atoms with Crippen LogP contribution < -0.4 is 10.5 Å². The zero-order chi connectivity index (χ0) is 19.1. The van der Waals surface area contributed by atoms with E-state index in [2.05, 4.69) is 20.1 Å². The summed E-state index contributed by atoms with van der Waals surface area (Å²) < 4.78 is 2.94. The summed E-state index contributed by atoms with van der Waals surface area (Å²) in [4.78, 5) is 31.1. The van der Waals surface area contributed by atoms with E-state index in [1.807, 2.05) is 12.1 Å². The standard InChI is InChI=1S/C20H22N6O2/c27-16(10-15-4-8-25-18(11-15)21-14-22-25)12-26-19(28)3-2-17(23-26)24-9-7-20(13-24)5-1-6-20/h2-4,8,11,14H,1,5-7,9-10,12-13H2. The Morgan fingerprint density at radius 2 is 2.07 bits per heavy atom. The van der Waals surface area contributed by atoms with E-state index in [0.29, 0.717) is 11.1 Å². The van der Waals surface area contributed by atoms with Crippen LogP contribution in [0.3, 0.4) is 0 Å². The molecule has 8 nitrogen and oxygen atoms in total. The van der Waals surface area contributed by atoms with Crippen molar-refractivity contribution in [3.05, 3.63) is 52.7 Å². The van der Waals surface area contributed by atoms with Crippen LogP contribution in [0, 0.1) is 5.41 Å². The monoisotopic (exact) mass is 378 g/mol. The molecule has 0 amide bonds. The van der Waals surface area contributed by atoms with E-state index < -0.39 is 0 Å². The normalized spacial score (nSPS) is 17.9. The highest BCUT2D eigenvalue weighted by Gasteiger charge is 2.43. The van der Waals surface area contributed by atoms with Crippen molar-refractivity contribution < 1.29 is 4.79 Å². The second-order valence-corrected chi connectivity index (χ2v) is 8.03. The number of nitrogens with zero attached hydrogens (tertiary/aromatic N) is 6. The lowest BCUT2D eigenvalue weighted by Gasteiger charge is -2.38. The van der Waals surface area contributed by atoms with Crippen molar-refractivity contribution in [2.24, 2.45) is 5.41 Å². The maximum Gasteiger partial charge on any atom is 0.267 e. The van der Waals surface area contributed by atoms with E-state index in [9.17, 15) is 9.59 Å². The number of rotatable bonds is 5. The number of pyridine rings is 1. The molecule has 0 atom stereocenters. The Morgan fingerprint density at radius 1 is 1.18 bits per heavy atom. The maximum atomic E-state index is 12.5. The summed E-state index contributed by atoms with van der Waals surface area (Å²) in [6.45, 7) is 1.95. The molecule has 1 saturated carbocycles. The van der Waals surface area contributed by atoms with Crippen LogP contribution in [0.25, 0.3) is 5.65 Å². The van der Waals surface area contributed by atoms with Gasteiger partial charge in [-0.2, -0.15) is 10.2 Å². The van der Waals surface area contributed by atoms with Gasteiger partial charge in [0.15, 0.2) is 11.4 Å². The van der Waals surface area contributed by atoms with Crippen LogP contribution in [0.2, 0.25) is 0 Å². The topological polar surface area (TPSA) is 85.4 Å². The molecule has 1 spiro atoms. The summed E-state index contributed by atoms with van der Waals surface area (Å²) in [5.41, 5.74) is 1.75. The number of hydrogen-bond donors (Lipinski definition) is 0. The fourth-order valence-corrected chi connectivity index (χ4v) is 4.35. The van der Waals surface area contributed by atoms with Crippen LogP contribution in [0.5, 0.6) is 0 Å². The van der Waals surface area contributed by atoms with Crippen molar-refractivity contribution in [1.29, 1.82) is 0 Å². The Morgan fingerprint density at radius 3 is 2.86 bits per heavy atom. The number of ketones is 1. The maximum absolute atomic E-state index is 12.5. The molecule has 5 rings (SSSR count). The average Bonchev–Trinajstić information content (AvgIpc) is 3.30. The first-order chi connectivity index (χ1) is 13.6. The van der Waals surface area contributed by atoms with Crippen LogP contribution in [0.4, 0.5) is 5.82 Å². The molecule has 0 unspecified atom stereocenters. The molecule has 0 aromatic carbocycles. The Hall–Kier alpha value is -3.03. The van der Waals surface area contributed by atoms with Crippen molar-refractivity contribution in [1.82, 2.24) is 24.4 Å². The molecule has 2 aliphatic rings. The van der Waals surface area contributed by atoms with Gasteiger partial charge in [0, 0.05) is 31.8 Å². The minimum Gasteiger partial charge on any atom is -0.355 e. The highest BCUT2D eigenvalue weighted by molar-refractivity contribution is 5.80. The molecule has 3 aromatic rings. The summed E-state index contributed by atoms with van der Waals surface area (Å²) in [6.07, 6.45) is 8.57. The Labute approximate surface area is 161 Å².